The van der Waals surface area contributed by atoms with E-state index < -0.39 is 21.2 Å². The zero-order valence-corrected chi connectivity index (χ0v) is 23.0. The van der Waals surface area contributed by atoms with Crippen molar-refractivity contribution in [1.82, 2.24) is 9.78 Å². The number of rotatable bonds is 8. The Morgan fingerprint density at radius 1 is 1.05 bits per heavy atom. The number of ether oxygens (including phenoxy) is 1. The number of hydrogen-bond acceptors (Lipinski definition) is 9. The molecule has 208 valence electrons. The van der Waals surface area contributed by atoms with Gasteiger partial charge in [-0.1, -0.05) is 12.1 Å². The number of fused-ring (bicyclic) bond motifs is 1. The number of anilines is 1. The van der Waals surface area contributed by atoms with Crippen molar-refractivity contribution in [2.75, 3.05) is 12.5 Å². The Balaban J connectivity index is 1.80. The van der Waals surface area contributed by atoms with Gasteiger partial charge in [-0.3, -0.25) is 30.3 Å². The fraction of sp³-hybridized carbons (Fsp3) is 0.172. The maximum absolute atomic E-state index is 11.8. The standard InChI is InChI=1S/C29H26N6O6/c1-16-6-8-22-26(10-16)41-29(20-14-30-33(4)15-20)27(22)28(19-11-17(2)18(3)25(12-19)40-5)32-31-23-9-7-21(34(36)37)13-24(23)35(38)39/h6-15,31H,1-5H3/b32-28+. The van der Waals surface area contributed by atoms with Crippen molar-refractivity contribution < 1.29 is 19.0 Å². The summed E-state index contributed by atoms with van der Waals surface area (Å²) in [5.74, 6) is 1.15. The fourth-order valence-corrected chi connectivity index (χ4v) is 4.62. The summed E-state index contributed by atoms with van der Waals surface area (Å²) in [5, 5.41) is 32.8. The number of hydrogen-bond donors (Lipinski definition) is 1. The lowest BCUT2D eigenvalue weighted by molar-refractivity contribution is -0.393. The first-order valence-corrected chi connectivity index (χ1v) is 12.5. The number of nitrogens with one attached hydrogen (secondary N) is 1. The smallest absolute Gasteiger partial charge is 0.301 e. The zero-order chi connectivity index (χ0) is 29.4. The Labute approximate surface area is 234 Å². The van der Waals surface area contributed by atoms with E-state index in [0.29, 0.717) is 39.5 Å². The summed E-state index contributed by atoms with van der Waals surface area (Å²) < 4.78 is 13.7. The predicted octanol–water partition coefficient (Wildman–Crippen LogP) is 6.45. The molecule has 0 aliphatic carbocycles. The van der Waals surface area contributed by atoms with Crippen LogP contribution in [-0.4, -0.2) is 32.4 Å². The third-order valence-corrected chi connectivity index (χ3v) is 6.84. The highest BCUT2D eigenvalue weighted by atomic mass is 16.6. The minimum atomic E-state index is -0.694. The lowest BCUT2D eigenvalue weighted by Gasteiger charge is -2.14. The summed E-state index contributed by atoms with van der Waals surface area (Å²) in [6, 6.07) is 12.9. The average molecular weight is 555 g/mol. The van der Waals surface area contributed by atoms with Gasteiger partial charge in [0, 0.05) is 30.3 Å². The van der Waals surface area contributed by atoms with E-state index in [9.17, 15) is 20.2 Å². The van der Waals surface area contributed by atoms with Crippen LogP contribution in [0.1, 0.15) is 27.8 Å². The summed E-state index contributed by atoms with van der Waals surface area (Å²) in [5.41, 5.74) is 7.85. The molecule has 2 heterocycles. The molecule has 0 saturated carbocycles. The molecule has 0 atom stereocenters. The molecule has 0 radical (unpaired) electrons. The van der Waals surface area contributed by atoms with E-state index in [-0.39, 0.29) is 5.69 Å². The molecular formula is C29H26N6O6. The molecule has 0 saturated heterocycles. The van der Waals surface area contributed by atoms with Crippen LogP contribution < -0.4 is 10.2 Å². The summed E-state index contributed by atoms with van der Waals surface area (Å²) in [7, 11) is 3.38. The minimum Gasteiger partial charge on any atom is -0.496 e. The fourth-order valence-electron chi connectivity index (χ4n) is 4.62. The quantitative estimate of drug-likeness (QED) is 0.131. The average Bonchev–Trinajstić information content (AvgIpc) is 3.53. The van der Waals surface area contributed by atoms with Crippen LogP contribution in [0.3, 0.4) is 0 Å². The van der Waals surface area contributed by atoms with Crippen LogP contribution in [0, 0.1) is 41.0 Å². The van der Waals surface area contributed by atoms with Gasteiger partial charge in [0.15, 0.2) is 0 Å². The van der Waals surface area contributed by atoms with Gasteiger partial charge >= 0.3 is 5.69 Å². The van der Waals surface area contributed by atoms with E-state index in [1.807, 2.05) is 57.3 Å². The molecule has 12 nitrogen and oxygen atoms in total. The van der Waals surface area contributed by atoms with Gasteiger partial charge < -0.3 is 9.15 Å². The third-order valence-electron chi connectivity index (χ3n) is 6.84. The van der Waals surface area contributed by atoms with Crippen molar-refractivity contribution in [2.24, 2.45) is 12.1 Å². The highest BCUT2D eigenvalue weighted by Crippen LogP contribution is 2.37. The number of hydrazone groups is 1. The van der Waals surface area contributed by atoms with Crippen molar-refractivity contribution >= 4 is 33.7 Å². The monoisotopic (exact) mass is 554 g/mol. The molecule has 1 N–H and O–H groups in total. The van der Waals surface area contributed by atoms with E-state index in [4.69, 9.17) is 9.15 Å². The number of methoxy groups -OCH3 is 1. The second kappa shape index (κ2) is 10.6. The molecule has 5 rings (SSSR count). The Morgan fingerprint density at radius 2 is 1.83 bits per heavy atom. The molecular weight excluding hydrogens is 528 g/mol. The molecule has 0 aliphatic rings. The van der Waals surface area contributed by atoms with Gasteiger partial charge in [0.05, 0.1) is 40.3 Å². The van der Waals surface area contributed by atoms with Gasteiger partial charge in [-0.15, -0.1) is 0 Å². The number of aryl methyl sites for hydroxylation is 3. The molecule has 0 bridgehead atoms. The first-order valence-electron chi connectivity index (χ1n) is 12.5. The summed E-state index contributed by atoms with van der Waals surface area (Å²) in [6.07, 6.45) is 3.50. The van der Waals surface area contributed by atoms with Crippen LogP contribution in [0.2, 0.25) is 0 Å². The SMILES string of the molecule is COc1cc(/C(=N\Nc2ccc([N+](=O)[O-])cc2[N+](=O)[O-])c2c(-c3cnn(C)c3)oc3cc(C)ccc23)cc(C)c1C. The zero-order valence-electron chi connectivity index (χ0n) is 23.0. The summed E-state index contributed by atoms with van der Waals surface area (Å²) in [4.78, 5) is 21.7. The van der Waals surface area contributed by atoms with E-state index in [1.165, 1.54) is 12.1 Å². The number of nitro benzene ring substituents is 2. The molecule has 3 aromatic carbocycles. The molecule has 0 fully saturated rings. The number of furan rings is 1. The number of aromatic nitrogens is 2. The Kier molecular flexibility index (Phi) is 6.97. The third kappa shape index (κ3) is 5.10. The van der Waals surface area contributed by atoms with Crippen LogP contribution in [0.15, 0.2) is 70.4 Å². The predicted molar refractivity (Wildman–Crippen MR) is 155 cm³/mol. The number of benzene rings is 3. The molecule has 12 heteroatoms. The summed E-state index contributed by atoms with van der Waals surface area (Å²) >= 11 is 0. The lowest BCUT2D eigenvalue weighted by atomic mass is 9.94. The molecule has 2 aromatic heterocycles. The number of non-ortho nitro benzene ring substituents is 1. The van der Waals surface area contributed by atoms with Gasteiger partial charge in [-0.2, -0.15) is 10.2 Å². The second-order valence-electron chi connectivity index (χ2n) is 9.62. The Bertz CT molecular complexity index is 1870. The first-order chi connectivity index (χ1) is 19.6. The van der Waals surface area contributed by atoms with E-state index in [1.54, 1.807) is 25.0 Å². The molecule has 0 amide bonds. The normalized spacial score (nSPS) is 11.6. The van der Waals surface area contributed by atoms with Crippen LogP contribution in [0.25, 0.3) is 22.3 Å². The van der Waals surface area contributed by atoms with Gasteiger partial charge in [-0.05, 0) is 61.7 Å². The van der Waals surface area contributed by atoms with E-state index >= 15 is 0 Å². The summed E-state index contributed by atoms with van der Waals surface area (Å²) in [6.45, 7) is 5.86. The number of nitro groups is 2. The van der Waals surface area contributed by atoms with Gasteiger partial charge in [0.1, 0.15) is 28.5 Å². The van der Waals surface area contributed by atoms with Gasteiger partial charge in [-0.25, -0.2) is 0 Å². The second-order valence-corrected chi connectivity index (χ2v) is 9.62. The lowest BCUT2D eigenvalue weighted by Crippen LogP contribution is -2.10. The molecule has 0 aliphatic heterocycles. The van der Waals surface area contributed by atoms with Crippen molar-refractivity contribution in [3.05, 3.63) is 109 Å². The molecule has 41 heavy (non-hydrogen) atoms. The highest BCUT2D eigenvalue weighted by molar-refractivity contribution is 6.22. The first kappa shape index (κ1) is 27.1. The Hall–Kier alpha value is -5.52. The van der Waals surface area contributed by atoms with Crippen molar-refractivity contribution in [3.63, 3.8) is 0 Å². The Morgan fingerprint density at radius 3 is 2.49 bits per heavy atom. The molecule has 0 unspecified atom stereocenters. The van der Waals surface area contributed by atoms with Crippen molar-refractivity contribution in [2.45, 2.75) is 20.8 Å². The highest BCUT2D eigenvalue weighted by Gasteiger charge is 2.25. The van der Waals surface area contributed by atoms with Crippen LogP contribution in [-0.2, 0) is 7.05 Å². The van der Waals surface area contributed by atoms with Crippen LogP contribution in [0.5, 0.6) is 5.75 Å². The number of nitrogens with zero attached hydrogens (tertiary/aromatic N) is 5. The van der Waals surface area contributed by atoms with Gasteiger partial charge in [0.25, 0.3) is 5.69 Å². The largest absolute Gasteiger partial charge is 0.496 e. The molecule has 5 aromatic rings. The van der Waals surface area contributed by atoms with Gasteiger partial charge in [0.2, 0.25) is 0 Å². The van der Waals surface area contributed by atoms with Crippen molar-refractivity contribution in [1.29, 1.82) is 0 Å². The topological polar surface area (TPSA) is 151 Å². The van der Waals surface area contributed by atoms with E-state index in [2.05, 4.69) is 15.6 Å². The van der Waals surface area contributed by atoms with Crippen LogP contribution in [0.4, 0.5) is 17.1 Å². The van der Waals surface area contributed by atoms with Crippen molar-refractivity contribution in [3.8, 4) is 17.1 Å². The maximum atomic E-state index is 11.8. The maximum Gasteiger partial charge on any atom is 0.301 e. The molecule has 0 spiro atoms. The van der Waals surface area contributed by atoms with E-state index in [0.717, 1.165) is 28.1 Å². The van der Waals surface area contributed by atoms with Crippen LogP contribution >= 0.6 is 0 Å². The minimum absolute atomic E-state index is 0.0135.